The van der Waals surface area contributed by atoms with Gasteiger partial charge in [0.2, 0.25) is 21.9 Å². The molecular weight excluding hydrogens is 423 g/mol. The number of benzene rings is 1. The molecule has 0 saturated carbocycles. The molecule has 11 heteroatoms. The van der Waals surface area contributed by atoms with Crippen LogP contribution < -0.4 is 15.5 Å². The lowest BCUT2D eigenvalue weighted by molar-refractivity contribution is -0.118. The van der Waals surface area contributed by atoms with Gasteiger partial charge in [0.05, 0.1) is 16.6 Å². The summed E-state index contributed by atoms with van der Waals surface area (Å²) in [5, 5.41) is 6.08. The number of hydrogen-bond donors (Lipinski definition) is 2. The van der Waals surface area contributed by atoms with Crippen molar-refractivity contribution in [2.45, 2.75) is 37.8 Å². The van der Waals surface area contributed by atoms with Gasteiger partial charge in [0.15, 0.2) is 5.82 Å². The largest absolute Gasteiger partial charge is 0.349 e. The molecule has 0 bridgehead atoms. The van der Waals surface area contributed by atoms with E-state index >= 15 is 0 Å². The summed E-state index contributed by atoms with van der Waals surface area (Å²) in [5.74, 6) is 0.539. The molecule has 1 fully saturated rings. The van der Waals surface area contributed by atoms with Gasteiger partial charge in [-0.25, -0.2) is 17.8 Å². The lowest BCUT2D eigenvalue weighted by Gasteiger charge is -2.39. The zero-order valence-electron chi connectivity index (χ0n) is 17.8. The van der Waals surface area contributed by atoms with Crippen molar-refractivity contribution < 1.29 is 17.6 Å². The number of hydrogen-bond acceptors (Lipinski definition) is 7. The number of carbonyl (C=O) groups is 1. The number of sulfonamides is 1. The number of aryl methyl sites for hydroxylation is 1. The molecule has 9 nitrogen and oxygen atoms in total. The van der Waals surface area contributed by atoms with Crippen LogP contribution in [0.3, 0.4) is 0 Å². The minimum atomic E-state index is -3.67. The third-order valence-corrected chi connectivity index (χ3v) is 7.45. The van der Waals surface area contributed by atoms with Crippen LogP contribution in [0.25, 0.3) is 0 Å². The fraction of sp³-hybridized carbons (Fsp3) is 0.450. The van der Waals surface area contributed by atoms with Gasteiger partial charge in [0, 0.05) is 20.1 Å². The van der Waals surface area contributed by atoms with Crippen molar-refractivity contribution >= 4 is 33.4 Å². The summed E-state index contributed by atoms with van der Waals surface area (Å²) in [6, 6.07) is 4.29. The molecule has 1 aromatic heterocycles. The van der Waals surface area contributed by atoms with Gasteiger partial charge in [-0.2, -0.15) is 9.29 Å². The second-order valence-electron chi connectivity index (χ2n) is 8.24. The Balaban J connectivity index is 1.48. The quantitative estimate of drug-likeness (QED) is 0.718. The zero-order chi connectivity index (χ0) is 22.5. The minimum Gasteiger partial charge on any atom is -0.349 e. The number of rotatable bonds is 5. The number of anilines is 3. The molecule has 0 aliphatic carbocycles. The van der Waals surface area contributed by atoms with Crippen LogP contribution in [0.4, 0.5) is 21.8 Å². The molecule has 1 unspecified atom stereocenters. The molecule has 3 heterocycles. The van der Waals surface area contributed by atoms with Gasteiger partial charge in [-0.1, -0.05) is 13.8 Å². The summed E-state index contributed by atoms with van der Waals surface area (Å²) < 4.78 is 39.7. The van der Waals surface area contributed by atoms with Crippen LogP contribution in [-0.2, 0) is 14.8 Å². The van der Waals surface area contributed by atoms with E-state index < -0.39 is 15.8 Å². The molecule has 1 atom stereocenters. The standard InChI is InChI=1S/C20H25FN6O3S/c1-11(2)17-19(28)24-16-12(3)22-20(25-18(16)26(17)4)23-14-9-27(10-14)31(29,30)15-7-5-13(21)6-8-15/h5-8,11,14,17H,9-10H2,1-4H3,(H,24,28)(H,22,23,25). The normalized spacial score (nSPS) is 19.7. The number of likely N-dealkylation sites (N-methyl/N-ethyl adjacent to an activating group) is 1. The molecular formula is C20H25FN6O3S. The van der Waals surface area contributed by atoms with Crippen LogP contribution in [0.15, 0.2) is 29.2 Å². The van der Waals surface area contributed by atoms with E-state index in [1.807, 2.05) is 25.8 Å². The molecule has 1 amide bonds. The number of aromatic nitrogens is 2. The smallest absolute Gasteiger partial charge is 0.247 e. The van der Waals surface area contributed by atoms with Crippen LogP contribution in [0.1, 0.15) is 19.5 Å². The zero-order valence-corrected chi connectivity index (χ0v) is 18.6. The Hall–Kier alpha value is -2.79. The molecule has 1 saturated heterocycles. The third-order valence-electron chi connectivity index (χ3n) is 5.60. The van der Waals surface area contributed by atoms with Crippen molar-refractivity contribution in [3.05, 3.63) is 35.8 Å². The first-order valence-corrected chi connectivity index (χ1v) is 11.5. The van der Waals surface area contributed by atoms with E-state index in [1.54, 1.807) is 6.92 Å². The summed E-state index contributed by atoms with van der Waals surface area (Å²) in [6.45, 7) is 6.25. The van der Waals surface area contributed by atoms with Crippen molar-refractivity contribution in [1.82, 2.24) is 14.3 Å². The molecule has 0 spiro atoms. The van der Waals surface area contributed by atoms with Crippen LogP contribution in [0.2, 0.25) is 0 Å². The monoisotopic (exact) mass is 448 g/mol. The highest BCUT2D eigenvalue weighted by molar-refractivity contribution is 7.89. The van der Waals surface area contributed by atoms with Gasteiger partial charge < -0.3 is 15.5 Å². The van der Waals surface area contributed by atoms with E-state index in [9.17, 15) is 17.6 Å². The van der Waals surface area contributed by atoms with Gasteiger partial charge in [-0.15, -0.1) is 0 Å². The van der Waals surface area contributed by atoms with Crippen LogP contribution >= 0.6 is 0 Å². The summed E-state index contributed by atoms with van der Waals surface area (Å²) >= 11 is 0. The number of carbonyl (C=O) groups excluding carboxylic acids is 1. The van der Waals surface area contributed by atoms with Gasteiger partial charge in [0.25, 0.3) is 0 Å². The Morgan fingerprint density at radius 2 is 1.84 bits per heavy atom. The number of nitrogens with zero attached hydrogens (tertiary/aromatic N) is 4. The fourth-order valence-electron chi connectivity index (χ4n) is 3.94. The summed E-state index contributed by atoms with van der Waals surface area (Å²) in [7, 11) is -1.84. The van der Waals surface area contributed by atoms with Crippen molar-refractivity contribution in [3.63, 3.8) is 0 Å². The van der Waals surface area contributed by atoms with Crippen molar-refractivity contribution in [3.8, 4) is 0 Å². The predicted octanol–water partition coefficient (Wildman–Crippen LogP) is 1.82. The Kier molecular flexibility index (Phi) is 5.34. The first-order chi connectivity index (χ1) is 14.6. The SMILES string of the molecule is Cc1nc(NC2CN(S(=O)(=O)c3ccc(F)cc3)C2)nc2c1NC(=O)C(C(C)C)N2C. The molecule has 2 aromatic rings. The minimum absolute atomic E-state index is 0.0605. The summed E-state index contributed by atoms with van der Waals surface area (Å²) in [4.78, 5) is 23.4. The lowest BCUT2D eigenvalue weighted by atomic mass is 9.99. The maximum Gasteiger partial charge on any atom is 0.247 e. The molecule has 4 rings (SSSR count). The average molecular weight is 449 g/mol. The second-order valence-corrected chi connectivity index (χ2v) is 10.2. The second kappa shape index (κ2) is 7.72. The summed E-state index contributed by atoms with van der Waals surface area (Å²) in [5.41, 5.74) is 1.22. The van der Waals surface area contributed by atoms with E-state index in [-0.39, 0.29) is 41.9 Å². The molecule has 2 N–H and O–H groups in total. The highest BCUT2D eigenvalue weighted by atomic mass is 32.2. The molecule has 0 radical (unpaired) electrons. The molecule has 2 aliphatic rings. The number of halogens is 1. The van der Waals surface area contributed by atoms with Crippen LogP contribution in [0.5, 0.6) is 0 Å². The number of nitrogens with one attached hydrogen (secondary N) is 2. The first kappa shape index (κ1) is 21.4. The average Bonchev–Trinajstić information content (AvgIpc) is 2.65. The van der Waals surface area contributed by atoms with Crippen molar-refractivity contribution in [2.24, 2.45) is 5.92 Å². The van der Waals surface area contributed by atoms with Crippen molar-refractivity contribution in [1.29, 1.82) is 0 Å². The van der Waals surface area contributed by atoms with Gasteiger partial charge in [-0.3, -0.25) is 4.79 Å². The lowest BCUT2D eigenvalue weighted by Crippen LogP contribution is -2.57. The molecule has 2 aliphatic heterocycles. The van der Waals surface area contributed by atoms with E-state index in [1.165, 1.54) is 16.4 Å². The van der Waals surface area contributed by atoms with E-state index in [0.717, 1.165) is 12.1 Å². The van der Waals surface area contributed by atoms with Gasteiger partial charge >= 0.3 is 0 Å². The van der Waals surface area contributed by atoms with E-state index in [4.69, 9.17) is 0 Å². The van der Waals surface area contributed by atoms with Gasteiger partial charge in [0.1, 0.15) is 17.5 Å². The van der Waals surface area contributed by atoms with Gasteiger partial charge in [-0.05, 0) is 37.1 Å². The van der Waals surface area contributed by atoms with Crippen molar-refractivity contribution in [2.75, 3.05) is 35.7 Å². The van der Waals surface area contributed by atoms with E-state index in [2.05, 4.69) is 20.6 Å². The Labute approximate surface area is 180 Å². The summed E-state index contributed by atoms with van der Waals surface area (Å²) in [6.07, 6.45) is 0. The molecule has 166 valence electrons. The maximum absolute atomic E-state index is 13.1. The maximum atomic E-state index is 13.1. The highest BCUT2D eigenvalue weighted by Gasteiger charge is 2.38. The molecule has 1 aromatic carbocycles. The highest BCUT2D eigenvalue weighted by Crippen LogP contribution is 2.34. The first-order valence-electron chi connectivity index (χ1n) is 10.0. The predicted molar refractivity (Wildman–Crippen MR) is 115 cm³/mol. The Morgan fingerprint density at radius 1 is 1.19 bits per heavy atom. The topological polar surface area (TPSA) is 108 Å². The number of amides is 1. The van der Waals surface area contributed by atoms with Crippen LogP contribution in [0, 0.1) is 18.7 Å². The van der Waals surface area contributed by atoms with E-state index in [0.29, 0.717) is 23.1 Å². The Morgan fingerprint density at radius 3 is 2.45 bits per heavy atom. The fourth-order valence-corrected chi connectivity index (χ4v) is 5.47. The number of fused-ring (bicyclic) bond motifs is 1. The third kappa shape index (κ3) is 3.83. The Bertz CT molecular complexity index is 1120. The molecule has 31 heavy (non-hydrogen) atoms. The van der Waals surface area contributed by atoms with Crippen LogP contribution in [-0.4, -0.2) is 60.8 Å².